The quantitative estimate of drug-likeness (QED) is 0.658. The molecule has 3 N–H and O–H groups in total. The van der Waals surface area contributed by atoms with E-state index in [0.29, 0.717) is 13.0 Å². The Morgan fingerprint density at radius 2 is 1.85 bits per heavy atom. The summed E-state index contributed by atoms with van der Waals surface area (Å²) in [6.45, 7) is 8.28. The Hall–Kier alpha value is -2.69. The summed E-state index contributed by atoms with van der Waals surface area (Å²) in [4.78, 5) is 12.6. The maximum atomic E-state index is 12.6. The molecule has 0 bridgehead atoms. The highest BCUT2D eigenvalue weighted by molar-refractivity contribution is 5.79. The van der Waals surface area contributed by atoms with Crippen molar-refractivity contribution in [3.8, 4) is 17.2 Å². The number of hydrogen-bond acceptors (Lipinski definition) is 4. The van der Waals surface area contributed by atoms with Crippen LogP contribution in [0.5, 0.6) is 17.2 Å². The Morgan fingerprint density at radius 3 is 2.50 bits per heavy atom. The number of carbonyl (C=O) groups is 1. The summed E-state index contributed by atoms with van der Waals surface area (Å²) >= 11 is 0. The van der Waals surface area contributed by atoms with Gasteiger partial charge < -0.3 is 20.3 Å². The largest absolute Gasteiger partial charge is 0.504 e. The third-order valence-corrected chi connectivity index (χ3v) is 4.32. The van der Waals surface area contributed by atoms with Crippen LogP contribution < -0.4 is 10.1 Å². The zero-order valence-corrected chi connectivity index (χ0v) is 15.7. The molecule has 140 valence electrons. The predicted octanol–water partition coefficient (Wildman–Crippen LogP) is 3.86. The Balaban J connectivity index is 2.06. The van der Waals surface area contributed by atoms with E-state index >= 15 is 0 Å². The van der Waals surface area contributed by atoms with Crippen LogP contribution in [0.4, 0.5) is 0 Å². The van der Waals surface area contributed by atoms with Gasteiger partial charge in [-0.25, -0.2) is 0 Å². The van der Waals surface area contributed by atoms with E-state index in [2.05, 4.69) is 5.32 Å². The molecule has 2 rings (SSSR count). The molecule has 0 saturated carbocycles. The Bertz CT molecular complexity index is 773. The molecule has 2 aromatic carbocycles. The van der Waals surface area contributed by atoms with Crippen molar-refractivity contribution in [2.45, 2.75) is 40.2 Å². The van der Waals surface area contributed by atoms with Crippen molar-refractivity contribution in [2.75, 3.05) is 6.61 Å². The zero-order chi connectivity index (χ0) is 19.3. The summed E-state index contributed by atoms with van der Waals surface area (Å²) in [5.74, 6) is 0.0877. The van der Waals surface area contributed by atoms with E-state index in [4.69, 9.17) is 4.74 Å². The second-order valence-corrected chi connectivity index (χ2v) is 6.63. The summed E-state index contributed by atoms with van der Waals surface area (Å²) in [7, 11) is 0. The van der Waals surface area contributed by atoms with Crippen LogP contribution in [-0.4, -0.2) is 22.7 Å². The standard InChI is InChI=1S/C21H27NO4/c1-5-26-20-9-6-13(2)10-17(20)15(4)22-21(25)14(3)11-16-7-8-18(23)19(24)12-16/h6-10,12,14-15,23-24H,5,11H2,1-4H3,(H,22,25). The SMILES string of the molecule is CCOc1ccc(C)cc1C(C)NC(=O)C(C)Cc1ccc(O)c(O)c1. The number of hydrogen-bond donors (Lipinski definition) is 3. The van der Waals surface area contributed by atoms with Crippen LogP contribution in [0.2, 0.25) is 0 Å². The first-order valence-corrected chi connectivity index (χ1v) is 8.86. The topological polar surface area (TPSA) is 78.8 Å². The molecule has 2 unspecified atom stereocenters. The normalized spacial score (nSPS) is 13.1. The number of rotatable bonds is 7. The summed E-state index contributed by atoms with van der Waals surface area (Å²) in [5, 5.41) is 22.0. The fraction of sp³-hybridized carbons (Fsp3) is 0.381. The highest BCUT2D eigenvalue weighted by atomic mass is 16.5. The van der Waals surface area contributed by atoms with E-state index < -0.39 is 0 Å². The molecule has 0 aliphatic rings. The van der Waals surface area contributed by atoms with Gasteiger partial charge in [0.15, 0.2) is 11.5 Å². The smallest absolute Gasteiger partial charge is 0.223 e. The average molecular weight is 357 g/mol. The molecule has 2 atom stereocenters. The number of phenolic OH excluding ortho intramolecular Hbond substituents is 2. The summed E-state index contributed by atoms with van der Waals surface area (Å²) in [6.07, 6.45) is 0.471. The first-order chi connectivity index (χ1) is 12.3. The van der Waals surface area contributed by atoms with Gasteiger partial charge in [0.2, 0.25) is 5.91 Å². The summed E-state index contributed by atoms with van der Waals surface area (Å²) in [6, 6.07) is 10.4. The minimum absolute atomic E-state index is 0.0750. The van der Waals surface area contributed by atoms with Crippen molar-refractivity contribution in [1.82, 2.24) is 5.32 Å². The van der Waals surface area contributed by atoms with Gasteiger partial charge in [-0.1, -0.05) is 30.7 Å². The molecule has 0 fully saturated rings. The number of aryl methyl sites for hydroxylation is 1. The van der Waals surface area contributed by atoms with Gasteiger partial charge in [0.05, 0.1) is 12.6 Å². The van der Waals surface area contributed by atoms with Gasteiger partial charge in [-0.3, -0.25) is 4.79 Å². The number of aromatic hydroxyl groups is 2. The van der Waals surface area contributed by atoms with E-state index in [0.717, 1.165) is 22.4 Å². The third kappa shape index (κ3) is 4.91. The number of benzene rings is 2. The number of phenols is 2. The molecule has 5 heteroatoms. The lowest BCUT2D eigenvalue weighted by Crippen LogP contribution is -2.32. The van der Waals surface area contributed by atoms with Gasteiger partial charge in [0, 0.05) is 11.5 Å². The molecule has 1 amide bonds. The molecule has 2 aromatic rings. The van der Waals surface area contributed by atoms with Gasteiger partial charge in [0.1, 0.15) is 5.75 Å². The highest BCUT2D eigenvalue weighted by Crippen LogP contribution is 2.28. The Kier molecular flexibility index (Phi) is 6.50. The lowest BCUT2D eigenvalue weighted by atomic mass is 9.98. The molecule has 0 heterocycles. The highest BCUT2D eigenvalue weighted by Gasteiger charge is 2.19. The second-order valence-electron chi connectivity index (χ2n) is 6.63. The van der Waals surface area contributed by atoms with Gasteiger partial charge in [-0.05, 0) is 51.0 Å². The average Bonchev–Trinajstić information content (AvgIpc) is 2.59. The van der Waals surface area contributed by atoms with Crippen LogP contribution in [0, 0.1) is 12.8 Å². The molecular weight excluding hydrogens is 330 g/mol. The minimum atomic E-state index is -0.276. The van der Waals surface area contributed by atoms with Crippen LogP contribution in [0.1, 0.15) is 43.5 Å². The van der Waals surface area contributed by atoms with Crippen LogP contribution in [-0.2, 0) is 11.2 Å². The van der Waals surface area contributed by atoms with E-state index in [9.17, 15) is 15.0 Å². The number of nitrogens with one attached hydrogen (secondary N) is 1. The van der Waals surface area contributed by atoms with Crippen molar-refractivity contribution >= 4 is 5.91 Å². The van der Waals surface area contributed by atoms with Crippen molar-refractivity contribution < 1.29 is 19.7 Å². The van der Waals surface area contributed by atoms with Gasteiger partial charge in [0.25, 0.3) is 0 Å². The maximum absolute atomic E-state index is 12.6. The molecule has 5 nitrogen and oxygen atoms in total. The van der Waals surface area contributed by atoms with E-state index in [1.807, 2.05) is 45.9 Å². The first-order valence-electron chi connectivity index (χ1n) is 8.86. The van der Waals surface area contributed by atoms with Crippen LogP contribution in [0.3, 0.4) is 0 Å². The molecule has 0 spiro atoms. The van der Waals surface area contributed by atoms with E-state index in [1.165, 1.54) is 12.1 Å². The van der Waals surface area contributed by atoms with Crippen molar-refractivity contribution in [3.05, 3.63) is 53.1 Å². The Labute approximate surface area is 154 Å². The molecule has 26 heavy (non-hydrogen) atoms. The summed E-state index contributed by atoms with van der Waals surface area (Å²) < 4.78 is 5.67. The third-order valence-electron chi connectivity index (χ3n) is 4.32. The monoisotopic (exact) mass is 357 g/mol. The van der Waals surface area contributed by atoms with E-state index in [1.54, 1.807) is 6.07 Å². The lowest BCUT2D eigenvalue weighted by Gasteiger charge is -2.21. The number of carbonyl (C=O) groups excluding carboxylic acids is 1. The molecular formula is C21H27NO4. The van der Waals surface area contributed by atoms with Crippen LogP contribution in [0.25, 0.3) is 0 Å². The fourth-order valence-electron chi connectivity index (χ4n) is 2.87. The van der Waals surface area contributed by atoms with Crippen molar-refractivity contribution in [2.24, 2.45) is 5.92 Å². The van der Waals surface area contributed by atoms with Crippen molar-refractivity contribution in [1.29, 1.82) is 0 Å². The molecule has 0 aliphatic carbocycles. The van der Waals surface area contributed by atoms with E-state index in [-0.39, 0.29) is 29.4 Å². The zero-order valence-electron chi connectivity index (χ0n) is 15.7. The fourth-order valence-corrected chi connectivity index (χ4v) is 2.87. The number of ether oxygens (including phenoxy) is 1. The summed E-state index contributed by atoms with van der Waals surface area (Å²) in [5.41, 5.74) is 2.85. The maximum Gasteiger partial charge on any atom is 0.223 e. The van der Waals surface area contributed by atoms with Crippen molar-refractivity contribution in [3.63, 3.8) is 0 Å². The molecule has 0 aliphatic heterocycles. The molecule has 0 saturated heterocycles. The van der Waals surface area contributed by atoms with Gasteiger partial charge in [-0.2, -0.15) is 0 Å². The van der Waals surface area contributed by atoms with Crippen LogP contribution in [0.15, 0.2) is 36.4 Å². The number of amides is 1. The Morgan fingerprint density at radius 1 is 1.12 bits per heavy atom. The predicted molar refractivity (Wildman–Crippen MR) is 102 cm³/mol. The second kappa shape index (κ2) is 8.61. The van der Waals surface area contributed by atoms with Crippen LogP contribution >= 0.6 is 0 Å². The lowest BCUT2D eigenvalue weighted by molar-refractivity contribution is -0.125. The van der Waals surface area contributed by atoms with Gasteiger partial charge >= 0.3 is 0 Å². The first kappa shape index (κ1) is 19.6. The minimum Gasteiger partial charge on any atom is -0.504 e. The molecule has 0 radical (unpaired) electrons. The molecule has 0 aromatic heterocycles. The van der Waals surface area contributed by atoms with Gasteiger partial charge in [-0.15, -0.1) is 0 Å².